The number of benzene rings is 1. The number of ether oxygens (including phenoxy) is 2. The number of imidazole rings is 1. The van der Waals surface area contributed by atoms with Crippen LogP contribution in [-0.4, -0.2) is 77.5 Å². The van der Waals surface area contributed by atoms with Crippen LogP contribution in [0.3, 0.4) is 0 Å². The van der Waals surface area contributed by atoms with Gasteiger partial charge in [-0.05, 0) is 38.3 Å². The second-order valence-electron chi connectivity index (χ2n) is 9.68. The van der Waals surface area contributed by atoms with Gasteiger partial charge in [-0.3, -0.25) is 9.36 Å². The number of hydrazone groups is 1. The second-order valence-corrected chi connectivity index (χ2v) is 9.68. The van der Waals surface area contributed by atoms with E-state index in [0.717, 1.165) is 11.1 Å². The number of anilines is 2. The maximum Gasteiger partial charge on any atom is 0.306 e. The molecule has 1 aromatic carbocycles. The number of esters is 1. The van der Waals surface area contributed by atoms with Gasteiger partial charge in [0.2, 0.25) is 5.95 Å². The molecule has 37 heavy (non-hydrogen) atoms. The lowest BCUT2D eigenvalue weighted by Crippen LogP contribution is -2.33. The van der Waals surface area contributed by atoms with E-state index in [0.29, 0.717) is 12.8 Å². The number of nitrogens with one attached hydrogen (secondary N) is 1. The van der Waals surface area contributed by atoms with Crippen molar-refractivity contribution in [1.82, 2.24) is 19.5 Å². The summed E-state index contributed by atoms with van der Waals surface area (Å²) < 4.78 is 12.3. The van der Waals surface area contributed by atoms with E-state index < -0.39 is 36.7 Å². The van der Waals surface area contributed by atoms with Crippen molar-refractivity contribution in [2.75, 3.05) is 17.8 Å². The van der Waals surface area contributed by atoms with Crippen LogP contribution in [0.4, 0.5) is 11.8 Å². The first kappa shape index (κ1) is 26.4. The minimum Gasteiger partial charge on any atom is -0.460 e. The van der Waals surface area contributed by atoms with Gasteiger partial charge in [0, 0.05) is 6.42 Å². The summed E-state index contributed by atoms with van der Waals surface area (Å²) in [5, 5.41) is 33.9. The number of aliphatic hydroxyl groups is 3. The van der Waals surface area contributed by atoms with Crippen LogP contribution >= 0.6 is 0 Å². The molecule has 1 fully saturated rings. The van der Waals surface area contributed by atoms with Crippen LogP contribution in [0.15, 0.2) is 35.7 Å². The number of carbonyl (C=O) groups excluding carboxylic acids is 1. The molecule has 6 N–H and O–H groups in total. The fraction of sp³-hybridized carbons (Fsp3) is 0.458. The third-order valence-electron chi connectivity index (χ3n) is 5.64. The number of aliphatic hydroxyl groups excluding tert-OH is 3. The highest BCUT2D eigenvalue weighted by atomic mass is 16.6. The van der Waals surface area contributed by atoms with Crippen molar-refractivity contribution in [2.45, 2.75) is 63.8 Å². The van der Waals surface area contributed by atoms with Crippen LogP contribution in [0.2, 0.25) is 0 Å². The molecular formula is C24H31N7O6. The SMILES string of the molecule is CC(C)(C)OC(=O)CCc1ccc(/C=N/Nc2nc(N)c3ncn([C@@H]4O[C@H](CO)[C@@H](O)[C@H]4O)c3n2)cc1. The molecule has 0 amide bonds. The number of aromatic nitrogens is 4. The molecule has 2 aromatic heterocycles. The van der Waals surface area contributed by atoms with E-state index in [9.17, 15) is 20.1 Å². The summed E-state index contributed by atoms with van der Waals surface area (Å²) in [7, 11) is 0. The molecule has 1 aliphatic rings. The van der Waals surface area contributed by atoms with E-state index in [2.05, 4.69) is 25.5 Å². The topological polar surface area (TPSA) is 190 Å². The number of hydrogen-bond donors (Lipinski definition) is 5. The molecule has 0 saturated carbocycles. The highest BCUT2D eigenvalue weighted by molar-refractivity contribution is 5.83. The van der Waals surface area contributed by atoms with Crippen molar-refractivity contribution in [3.8, 4) is 0 Å². The van der Waals surface area contributed by atoms with Gasteiger partial charge in [-0.2, -0.15) is 15.1 Å². The van der Waals surface area contributed by atoms with Crippen LogP contribution in [0, 0.1) is 0 Å². The van der Waals surface area contributed by atoms with Crippen molar-refractivity contribution in [3.63, 3.8) is 0 Å². The van der Waals surface area contributed by atoms with Gasteiger partial charge in [-0.25, -0.2) is 10.4 Å². The minimum atomic E-state index is -1.30. The molecule has 0 aliphatic carbocycles. The zero-order valence-electron chi connectivity index (χ0n) is 20.8. The molecule has 3 aromatic rings. The molecule has 1 saturated heterocycles. The molecular weight excluding hydrogens is 482 g/mol. The number of carbonyl (C=O) groups is 1. The van der Waals surface area contributed by atoms with Crippen molar-refractivity contribution in [2.24, 2.45) is 5.10 Å². The van der Waals surface area contributed by atoms with Gasteiger partial charge in [0.15, 0.2) is 17.7 Å². The fourth-order valence-electron chi connectivity index (χ4n) is 3.86. The summed E-state index contributed by atoms with van der Waals surface area (Å²) in [4.78, 5) is 24.6. The fourth-order valence-corrected chi connectivity index (χ4v) is 3.86. The Hall–Kier alpha value is -3.65. The lowest BCUT2D eigenvalue weighted by molar-refractivity contribution is -0.154. The average Bonchev–Trinajstić information content (AvgIpc) is 3.38. The van der Waals surface area contributed by atoms with Crippen LogP contribution in [-0.2, 0) is 20.7 Å². The van der Waals surface area contributed by atoms with E-state index in [1.54, 1.807) is 6.21 Å². The summed E-state index contributed by atoms with van der Waals surface area (Å²) in [6.07, 6.45) is -0.713. The molecule has 0 bridgehead atoms. The predicted octanol–water partition coefficient (Wildman–Crippen LogP) is 0.740. The second kappa shape index (κ2) is 10.8. The predicted molar refractivity (Wildman–Crippen MR) is 135 cm³/mol. The summed E-state index contributed by atoms with van der Waals surface area (Å²) >= 11 is 0. The zero-order valence-corrected chi connectivity index (χ0v) is 20.8. The van der Waals surface area contributed by atoms with Crippen molar-refractivity contribution >= 4 is 35.1 Å². The van der Waals surface area contributed by atoms with E-state index in [1.165, 1.54) is 10.9 Å². The first-order chi connectivity index (χ1) is 17.6. The largest absolute Gasteiger partial charge is 0.460 e. The van der Waals surface area contributed by atoms with Crippen molar-refractivity contribution in [1.29, 1.82) is 0 Å². The van der Waals surface area contributed by atoms with Crippen LogP contribution in [0.5, 0.6) is 0 Å². The van der Waals surface area contributed by atoms with Gasteiger partial charge in [0.05, 0.1) is 19.1 Å². The number of nitrogen functional groups attached to an aromatic ring is 1. The summed E-state index contributed by atoms with van der Waals surface area (Å²) in [6.45, 7) is 5.06. The van der Waals surface area contributed by atoms with E-state index >= 15 is 0 Å². The number of aryl methyl sites for hydroxylation is 1. The van der Waals surface area contributed by atoms with Gasteiger partial charge in [-0.1, -0.05) is 24.3 Å². The Bertz CT molecular complexity index is 1270. The molecule has 4 atom stereocenters. The van der Waals surface area contributed by atoms with Gasteiger partial charge in [0.25, 0.3) is 0 Å². The Balaban J connectivity index is 1.41. The van der Waals surface area contributed by atoms with Crippen LogP contribution in [0.25, 0.3) is 11.2 Å². The molecule has 0 radical (unpaired) electrons. The van der Waals surface area contributed by atoms with Crippen LogP contribution in [0.1, 0.15) is 44.5 Å². The average molecular weight is 514 g/mol. The lowest BCUT2D eigenvalue weighted by atomic mass is 10.1. The molecule has 1 aliphatic heterocycles. The highest BCUT2D eigenvalue weighted by Crippen LogP contribution is 2.32. The number of nitrogens with zero attached hydrogens (tertiary/aromatic N) is 5. The maximum absolute atomic E-state index is 11.9. The first-order valence-corrected chi connectivity index (χ1v) is 11.8. The molecule has 13 nitrogen and oxygen atoms in total. The lowest BCUT2D eigenvalue weighted by Gasteiger charge is -2.19. The Morgan fingerprint density at radius 3 is 2.62 bits per heavy atom. The molecule has 13 heteroatoms. The standard InChI is InChI=1S/C24H31N7O6/c1-24(2,3)37-16(33)9-8-13-4-6-14(7-5-13)10-27-30-23-28-20(25)17-21(29-23)31(12-26-17)22-19(35)18(34)15(11-32)36-22/h4-7,10,12,15,18-19,22,32,34-35H,8-9,11H2,1-3H3,(H3,25,28,29,30)/b27-10+/t15-,18-,19-,22-/m1/s1. The van der Waals surface area contributed by atoms with Crippen LogP contribution < -0.4 is 11.2 Å². The summed E-state index contributed by atoms with van der Waals surface area (Å²) in [5.41, 5.74) is 10.6. The number of rotatable bonds is 8. The normalized spacial score (nSPS) is 22.1. The first-order valence-electron chi connectivity index (χ1n) is 11.8. The third kappa shape index (κ3) is 6.20. The molecule has 4 rings (SSSR count). The van der Waals surface area contributed by atoms with Gasteiger partial charge >= 0.3 is 5.97 Å². The minimum absolute atomic E-state index is 0.0857. The van der Waals surface area contributed by atoms with Gasteiger partial charge in [0.1, 0.15) is 29.4 Å². The quantitative estimate of drug-likeness (QED) is 0.162. The number of fused-ring (bicyclic) bond motifs is 1. The van der Waals surface area contributed by atoms with Gasteiger partial charge < -0.3 is 30.5 Å². The zero-order chi connectivity index (χ0) is 26.7. The molecule has 0 spiro atoms. The number of hydrogen-bond acceptors (Lipinski definition) is 12. The van der Waals surface area contributed by atoms with E-state index in [1.807, 2.05) is 45.0 Å². The van der Waals surface area contributed by atoms with E-state index in [-0.39, 0.29) is 28.9 Å². The maximum atomic E-state index is 11.9. The summed E-state index contributed by atoms with van der Waals surface area (Å²) in [5.74, 6) is -0.0652. The highest BCUT2D eigenvalue weighted by Gasteiger charge is 2.44. The van der Waals surface area contributed by atoms with Crippen molar-refractivity contribution < 1.29 is 29.6 Å². The Kier molecular flexibility index (Phi) is 7.68. The third-order valence-corrected chi connectivity index (χ3v) is 5.64. The van der Waals surface area contributed by atoms with E-state index in [4.69, 9.17) is 15.2 Å². The molecule has 198 valence electrons. The summed E-state index contributed by atoms with van der Waals surface area (Å²) in [6, 6.07) is 7.55. The number of nitrogens with two attached hydrogens (primary N) is 1. The van der Waals surface area contributed by atoms with Crippen molar-refractivity contribution in [3.05, 3.63) is 41.7 Å². The monoisotopic (exact) mass is 513 g/mol. The van der Waals surface area contributed by atoms with Gasteiger partial charge in [-0.15, -0.1) is 0 Å². The molecule has 3 heterocycles. The Morgan fingerprint density at radius 2 is 1.97 bits per heavy atom. The smallest absolute Gasteiger partial charge is 0.306 e. The Morgan fingerprint density at radius 1 is 1.24 bits per heavy atom. The molecule has 0 unspecified atom stereocenters. The Labute approximate surface area is 213 Å².